The maximum Gasteiger partial charge on any atom is 0.0110 e. The zero-order valence-electron chi connectivity index (χ0n) is 8.56. The van der Waals surface area contributed by atoms with E-state index in [4.69, 9.17) is 11.5 Å². The van der Waals surface area contributed by atoms with Gasteiger partial charge in [0.15, 0.2) is 0 Å². The van der Waals surface area contributed by atoms with E-state index in [1.54, 1.807) is 0 Å². The van der Waals surface area contributed by atoms with Gasteiger partial charge in [-0.2, -0.15) is 0 Å². The number of nitrogens with two attached hydrogens (primary N) is 2. The monoisotopic (exact) mass is 170 g/mol. The average molecular weight is 170 g/mol. The van der Waals surface area contributed by atoms with Crippen molar-refractivity contribution in [1.82, 2.24) is 0 Å². The zero-order chi connectivity index (χ0) is 9.41. The Morgan fingerprint density at radius 2 is 1.92 bits per heavy atom. The summed E-state index contributed by atoms with van der Waals surface area (Å²) in [4.78, 5) is 0. The second-order valence-electron chi connectivity index (χ2n) is 5.00. The van der Waals surface area contributed by atoms with Crippen LogP contribution in [0.5, 0.6) is 0 Å². The molecule has 0 aromatic rings. The quantitative estimate of drug-likeness (QED) is 0.626. The highest BCUT2D eigenvalue weighted by Gasteiger charge is 2.46. The van der Waals surface area contributed by atoms with Crippen LogP contribution in [-0.4, -0.2) is 12.6 Å². The van der Waals surface area contributed by atoms with Gasteiger partial charge in [0.2, 0.25) is 0 Å². The molecule has 2 heteroatoms. The molecule has 0 radical (unpaired) electrons. The summed E-state index contributed by atoms with van der Waals surface area (Å²) in [6, 6.07) is 0.284. The molecule has 1 rings (SSSR count). The molecular formula is C10H22N2. The van der Waals surface area contributed by atoms with Gasteiger partial charge in [-0.15, -0.1) is 0 Å². The van der Waals surface area contributed by atoms with Crippen LogP contribution in [0.4, 0.5) is 0 Å². The first-order valence-corrected chi connectivity index (χ1v) is 4.90. The lowest BCUT2D eigenvalue weighted by Gasteiger charge is -2.51. The summed E-state index contributed by atoms with van der Waals surface area (Å²) in [6.45, 7) is 7.52. The van der Waals surface area contributed by atoms with Crippen molar-refractivity contribution in [2.24, 2.45) is 22.3 Å². The third kappa shape index (κ3) is 1.27. The fraction of sp³-hybridized carbons (Fsp3) is 1.00. The maximum atomic E-state index is 6.12. The van der Waals surface area contributed by atoms with E-state index in [1.807, 2.05) is 0 Å². The molecule has 0 bridgehead atoms. The smallest absolute Gasteiger partial charge is 0.0110 e. The largest absolute Gasteiger partial charge is 0.330 e. The van der Waals surface area contributed by atoms with Crippen LogP contribution in [0.1, 0.15) is 40.0 Å². The number of hydrogen-bond acceptors (Lipinski definition) is 2. The topological polar surface area (TPSA) is 52.0 Å². The van der Waals surface area contributed by atoms with Gasteiger partial charge in [0.25, 0.3) is 0 Å². The lowest BCUT2D eigenvalue weighted by atomic mass is 9.56. The van der Waals surface area contributed by atoms with Crippen LogP contribution in [0.3, 0.4) is 0 Å². The minimum absolute atomic E-state index is 0.130. The minimum Gasteiger partial charge on any atom is -0.330 e. The molecule has 0 spiro atoms. The predicted molar refractivity (Wildman–Crippen MR) is 52.8 cm³/mol. The summed E-state index contributed by atoms with van der Waals surface area (Å²) < 4.78 is 0. The lowest BCUT2D eigenvalue weighted by molar-refractivity contribution is 0.0209. The Morgan fingerprint density at radius 3 is 2.25 bits per heavy atom. The lowest BCUT2D eigenvalue weighted by Crippen LogP contribution is -2.56. The van der Waals surface area contributed by atoms with E-state index in [-0.39, 0.29) is 11.5 Å². The van der Waals surface area contributed by atoms with Crippen LogP contribution in [0, 0.1) is 10.8 Å². The van der Waals surface area contributed by atoms with Crippen LogP contribution < -0.4 is 11.5 Å². The van der Waals surface area contributed by atoms with E-state index in [1.165, 1.54) is 12.8 Å². The van der Waals surface area contributed by atoms with Gasteiger partial charge in [-0.1, -0.05) is 27.2 Å². The highest BCUT2D eigenvalue weighted by molar-refractivity contribution is 5.00. The number of rotatable bonds is 1. The molecule has 0 aromatic carbocycles. The fourth-order valence-electron chi connectivity index (χ4n) is 2.30. The first kappa shape index (κ1) is 10.0. The molecule has 2 unspecified atom stereocenters. The van der Waals surface area contributed by atoms with Gasteiger partial charge in [-0.25, -0.2) is 0 Å². The summed E-state index contributed by atoms with van der Waals surface area (Å²) in [7, 11) is 0. The molecule has 0 saturated heterocycles. The SMILES string of the molecule is CC1(C)CCCC(N)C1(C)CN. The first-order valence-electron chi connectivity index (χ1n) is 4.90. The van der Waals surface area contributed by atoms with Gasteiger partial charge in [0.1, 0.15) is 0 Å². The molecule has 0 aromatic heterocycles. The number of hydrogen-bond donors (Lipinski definition) is 2. The van der Waals surface area contributed by atoms with Crippen LogP contribution in [0.2, 0.25) is 0 Å². The van der Waals surface area contributed by atoms with Crippen LogP contribution >= 0.6 is 0 Å². The molecule has 0 heterocycles. The molecule has 2 nitrogen and oxygen atoms in total. The van der Waals surface area contributed by atoms with Crippen LogP contribution in [-0.2, 0) is 0 Å². The fourth-order valence-corrected chi connectivity index (χ4v) is 2.30. The van der Waals surface area contributed by atoms with Crippen molar-refractivity contribution in [2.75, 3.05) is 6.54 Å². The van der Waals surface area contributed by atoms with Crippen molar-refractivity contribution >= 4 is 0 Å². The molecule has 1 saturated carbocycles. The van der Waals surface area contributed by atoms with E-state index in [0.717, 1.165) is 6.42 Å². The van der Waals surface area contributed by atoms with Gasteiger partial charge in [0, 0.05) is 6.04 Å². The second kappa shape index (κ2) is 3.00. The molecule has 1 aliphatic carbocycles. The van der Waals surface area contributed by atoms with E-state index >= 15 is 0 Å². The normalized spacial score (nSPS) is 41.2. The zero-order valence-corrected chi connectivity index (χ0v) is 8.56. The van der Waals surface area contributed by atoms with E-state index < -0.39 is 0 Å². The van der Waals surface area contributed by atoms with Crippen molar-refractivity contribution < 1.29 is 0 Å². The Morgan fingerprint density at radius 1 is 1.33 bits per heavy atom. The van der Waals surface area contributed by atoms with Crippen molar-refractivity contribution in [3.8, 4) is 0 Å². The summed E-state index contributed by atoms with van der Waals surface area (Å²) in [5, 5.41) is 0. The minimum atomic E-state index is 0.130. The highest BCUT2D eigenvalue weighted by atomic mass is 14.8. The molecule has 0 amide bonds. The Balaban J connectivity index is 2.88. The molecule has 72 valence electrons. The van der Waals surface area contributed by atoms with Gasteiger partial charge < -0.3 is 11.5 Å². The van der Waals surface area contributed by atoms with Crippen molar-refractivity contribution in [1.29, 1.82) is 0 Å². The molecular weight excluding hydrogens is 148 g/mol. The van der Waals surface area contributed by atoms with Crippen LogP contribution in [0.25, 0.3) is 0 Å². The third-order valence-electron chi connectivity index (χ3n) is 4.11. The van der Waals surface area contributed by atoms with Crippen molar-refractivity contribution in [3.05, 3.63) is 0 Å². The van der Waals surface area contributed by atoms with Gasteiger partial charge in [-0.05, 0) is 30.2 Å². The summed E-state index contributed by atoms with van der Waals surface area (Å²) in [6.07, 6.45) is 3.65. The average Bonchev–Trinajstić information content (AvgIpc) is 2.00. The van der Waals surface area contributed by atoms with Crippen molar-refractivity contribution in [2.45, 2.75) is 46.1 Å². The second-order valence-corrected chi connectivity index (χ2v) is 5.00. The predicted octanol–water partition coefficient (Wildman–Crippen LogP) is 1.49. The third-order valence-corrected chi connectivity index (χ3v) is 4.11. The van der Waals surface area contributed by atoms with Gasteiger partial charge in [-0.3, -0.25) is 0 Å². The summed E-state index contributed by atoms with van der Waals surface area (Å²) >= 11 is 0. The summed E-state index contributed by atoms with van der Waals surface area (Å²) in [5.74, 6) is 0. The molecule has 2 atom stereocenters. The van der Waals surface area contributed by atoms with Crippen LogP contribution in [0.15, 0.2) is 0 Å². The Hall–Kier alpha value is -0.0800. The van der Waals surface area contributed by atoms with E-state index in [9.17, 15) is 0 Å². The molecule has 4 N–H and O–H groups in total. The van der Waals surface area contributed by atoms with E-state index in [2.05, 4.69) is 20.8 Å². The van der Waals surface area contributed by atoms with Gasteiger partial charge >= 0.3 is 0 Å². The summed E-state index contributed by atoms with van der Waals surface area (Å²) in [5.41, 5.74) is 12.4. The Kier molecular flexibility index (Phi) is 2.50. The molecule has 0 aliphatic heterocycles. The highest BCUT2D eigenvalue weighted by Crippen LogP contribution is 2.48. The Labute approximate surface area is 75.7 Å². The molecule has 12 heavy (non-hydrogen) atoms. The van der Waals surface area contributed by atoms with Crippen molar-refractivity contribution in [3.63, 3.8) is 0 Å². The van der Waals surface area contributed by atoms with E-state index in [0.29, 0.717) is 12.0 Å². The first-order chi connectivity index (χ1) is 5.44. The standard InChI is InChI=1S/C10H22N2/c1-9(2)6-4-5-8(12)10(9,3)7-11/h8H,4-7,11-12H2,1-3H3. The molecule has 1 fully saturated rings. The maximum absolute atomic E-state index is 6.12. The molecule has 1 aliphatic rings. The Bertz CT molecular complexity index is 165. The van der Waals surface area contributed by atoms with Gasteiger partial charge in [0.05, 0.1) is 0 Å².